The molecule has 0 bridgehead atoms. The van der Waals surface area contributed by atoms with Gasteiger partial charge in [0.15, 0.2) is 0 Å². The van der Waals surface area contributed by atoms with Crippen LogP contribution in [0, 0.1) is 0 Å². The number of nitrogens with one attached hydrogen (secondary N) is 1. The van der Waals surface area contributed by atoms with Crippen molar-refractivity contribution in [1.29, 1.82) is 0 Å². The third-order valence-corrected chi connectivity index (χ3v) is 5.05. The molecule has 1 aromatic heterocycles. The van der Waals surface area contributed by atoms with E-state index in [9.17, 15) is 8.42 Å². The van der Waals surface area contributed by atoms with Gasteiger partial charge in [-0.05, 0) is 41.8 Å². The van der Waals surface area contributed by atoms with Gasteiger partial charge in [0.2, 0.25) is 0 Å². The van der Waals surface area contributed by atoms with E-state index >= 15 is 0 Å². The van der Waals surface area contributed by atoms with Crippen LogP contribution in [0.4, 0.5) is 5.82 Å². The Morgan fingerprint density at radius 1 is 0.833 bits per heavy atom. The van der Waals surface area contributed by atoms with E-state index < -0.39 is 10.0 Å². The summed E-state index contributed by atoms with van der Waals surface area (Å²) in [5.74, 6) is 0.335. The summed E-state index contributed by atoms with van der Waals surface area (Å²) in [5, 5.41) is 0. The lowest BCUT2D eigenvalue weighted by Gasteiger charge is -2.09. The highest BCUT2D eigenvalue weighted by Gasteiger charge is 2.15. The standard InChI is InChI=1S/C19H18N2O2S/c1-2-17-9-6-10-19(20-17)21-24(22,23)18-13-11-16(12-14-18)15-7-4-3-5-8-15/h3-14H,2H2,1H3,(H,20,21). The molecule has 0 aliphatic heterocycles. The molecule has 0 aliphatic rings. The van der Waals surface area contributed by atoms with Gasteiger partial charge in [0.05, 0.1) is 4.90 Å². The molecule has 0 aliphatic carbocycles. The van der Waals surface area contributed by atoms with Crippen LogP contribution in [0.3, 0.4) is 0 Å². The molecule has 0 fully saturated rings. The van der Waals surface area contributed by atoms with Crippen molar-refractivity contribution < 1.29 is 8.42 Å². The van der Waals surface area contributed by atoms with Gasteiger partial charge in [-0.2, -0.15) is 0 Å². The van der Waals surface area contributed by atoms with Gasteiger partial charge >= 0.3 is 0 Å². The van der Waals surface area contributed by atoms with Gasteiger partial charge in [-0.1, -0.05) is 55.5 Å². The van der Waals surface area contributed by atoms with Gasteiger partial charge in [0.25, 0.3) is 10.0 Å². The SMILES string of the molecule is CCc1cccc(NS(=O)(=O)c2ccc(-c3ccccc3)cc2)n1. The Kier molecular flexibility index (Phi) is 4.62. The summed E-state index contributed by atoms with van der Waals surface area (Å²) in [6, 6.07) is 22.0. The second-order valence-corrected chi connectivity index (χ2v) is 7.05. The summed E-state index contributed by atoms with van der Waals surface area (Å²) >= 11 is 0. The van der Waals surface area contributed by atoms with E-state index in [0.29, 0.717) is 5.82 Å². The van der Waals surface area contributed by atoms with Gasteiger partial charge in [0.1, 0.15) is 5.82 Å². The average Bonchev–Trinajstić information content (AvgIpc) is 2.62. The monoisotopic (exact) mass is 338 g/mol. The number of pyridine rings is 1. The maximum absolute atomic E-state index is 12.5. The molecule has 3 aromatic rings. The molecule has 4 nitrogen and oxygen atoms in total. The first kappa shape index (κ1) is 16.2. The van der Waals surface area contributed by atoms with Crippen molar-refractivity contribution in [3.63, 3.8) is 0 Å². The number of benzene rings is 2. The zero-order chi connectivity index (χ0) is 17.0. The molecule has 24 heavy (non-hydrogen) atoms. The first-order chi connectivity index (χ1) is 11.6. The van der Waals surface area contributed by atoms with Crippen LogP contribution in [-0.2, 0) is 16.4 Å². The smallest absolute Gasteiger partial charge is 0.263 e. The first-order valence-electron chi connectivity index (χ1n) is 7.73. The van der Waals surface area contributed by atoms with E-state index in [1.165, 1.54) is 0 Å². The third-order valence-electron chi connectivity index (χ3n) is 3.68. The van der Waals surface area contributed by atoms with Gasteiger partial charge in [-0.3, -0.25) is 4.72 Å². The topological polar surface area (TPSA) is 59.1 Å². The van der Waals surface area contributed by atoms with Crippen molar-refractivity contribution in [3.8, 4) is 11.1 Å². The number of aromatic nitrogens is 1. The fourth-order valence-corrected chi connectivity index (χ4v) is 3.39. The lowest BCUT2D eigenvalue weighted by molar-refractivity contribution is 0.601. The van der Waals surface area contributed by atoms with E-state index in [2.05, 4.69) is 9.71 Å². The van der Waals surface area contributed by atoms with Crippen molar-refractivity contribution in [3.05, 3.63) is 78.5 Å². The van der Waals surface area contributed by atoms with E-state index in [1.54, 1.807) is 36.4 Å². The molecule has 1 heterocycles. The predicted molar refractivity (Wildman–Crippen MR) is 96.3 cm³/mol. The molecule has 0 amide bonds. The van der Waals surface area contributed by atoms with Crippen LogP contribution in [0.15, 0.2) is 77.7 Å². The molecular formula is C19H18N2O2S. The summed E-state index contributed by atoms with van der Waals surface area (Å²) in [5.41, 5.74) is 2.86. The van der Waals surface area contributed by atoms with E-state index in [4.69, 9.17) is 0 Å². The molecule has 2 aromatic carbocycles. The molecule has 0 unspecified atom stereocenters. The minimum absolute atomic E-state index is 0.214. The number of aryl methyl sites for hydroxylation is 1. The molecule has 3 rings (SSSR count). The van der Waals surface area contributed by atoms with Crippen molar-refractivity contribution in [2.75, 3.05) is 4.72 Å². The molecule has 0 radical (unpaired) electrons. The van der Waals surface area contributed by atoms with Crippen LogP contribution in [0.2, 0.25) is 0 Å². The number of sulfonamides is 1. The summed E-state index contributed by atoms with van der Waals surface area (Å²) in [7, 11) is -3.65. The number of hydrogen-bond acceptors (Lipinski definition) is 3. The number of hydrogen-bond donors (Lipinski definition) is 1. The molecule has 122 valence electrons. The normalized spacial score (nSPS) is 11.2. The molecule has 0 spiro atoms. The van der Waals surface area contributed by atoms with Crippen LogP contribution in [0.1, 0.15) is 12.6 Å². The highest BCUT2D eigenvalue weighted by atomic mass is 32.2. The van der Waals surface area contributed by atoms with Gasteiger partial charge in [-0.25, -0.2) is 13.4 Å². The Hall–Kier alpha value is -2.66. The number of anilines is 1. The number of nitrogens with zero attached hydrogens (tertiary/aromatic N) is 1. The molecular weight excluding hydrogens is 320 g/mol. The van der Waals surface area contributed by atoms with E-state index in [-0.39, 0.29) is 4.90 Å². The minimum atomic E-state index is -3.65. The Labute approximate surface area is 142 Å². The maximum Gasteiger partial charge on any atom is 0.263 e. The van der Waals surface area contributed by atoms with Crippen LogP contribution < -0.4 is 4.72 Å². The zero-order valence-electron chi connectivity index (χ0n) is 13.3. The largest absolute Gasteiger partial charge is 0.263 e. The maximum atomic E-state index is 12.5. The molecule has 0 saturated heterocycles. The Morgan fingerprint density at radius 2 is 1.50 bits per heavy atom. The molecule has 1 N–H and O–H groups in total. The lowest BCUT2D eigenvalue weighted by atomic mass is 10.1. The second kappa shape index (κ2) is 6.84. The predicted octanol–water partition coefficient (Wildman–Crippen LogP) is 4.11. The highest BCUT2D eigenvalue weighted by Crippen LogP contribution is 2.22. The fourth-order valence-electron chi connectivity index (χ4n) is 2.39. The Balaban J connectivity index is 1.84. The summed E-state index contributed by atoms with van der Waals surface area (Å²) in [4.78, 5) is 4.49. The zero-order valence-corrected chi connectivity index (χ0v) is 14.1. The van der Waals surface area contributed by atoms with Gasteiger partial charge in [-0.15, -0.1) is 0 Å². The van der Waals surface area contributed by atoms with E-state index in [1.807, 2.05) is 43.3 Å². The van der Waals surface area contributed by atoms with Crippen LogP contribution in [0.25, 0.3) is 11.1 Å². The Morgan fingerprint density at radius 3 is 2.17 bits per heavy atom. The Bertz CT molecular complexity index is 921. The molecule has 0 saturated carbocycles. The van der Waals surface area contributed by atoms with Gasteiger partial charge < -0.3 is 0 Å². The van der Waals surface area contributed by atoms with Crippen molar-refractivity contribution in [1.82, 2.24) is 4.98 Å². The van der Waals surface area contributed by atoms with Crippen LogP contribution in [0.5, 0.6) is 0 Å². The lowest BCUT2D eigenvalue weighted by Crippen LogP contribution is -2.14. The average molecular weight is 338 g/mol. The van der Waals surface area contributed by atoms with Crippen molar-refractivity contribution >= 4 is 15.8 Å². The molecule has 5 heteroatoms. The second-order valence-electron chi connectivity index (χ2n) is 5.36. The van der Waals surface area contributed by atoms with E-state index in [0.717, 1.165) is 23.2 Å². The summed E-state index contributed by atoms with van der Waals surface area (Å²) in [6.07, 6.45) is 0.751. The summed E-state index contributed by atoms with van der Waals surface area (Å²) < 4.78 is 27.5. The quantitative estimate of drug-likeness (QED) is 0.761. The first-order valence-corrected chi connectivity index (χ1v) is 9.21. The molecule has 0 atom stereocenters. The van der Waals surface area contributed by atoms with Crippen LogP contribution in [-0.4, -0.2) is 13.4 Å². The van der Waals surface area contributed by atoms with Gasteiger partial charge in [0, 0.05) is 5.69 Å². The summed E-state index contributed by atoms with van der Waals surface area (Å²) in [6.45, 7) is 1.98. The van der Waals surface area contributed by atoms with Crippen molar-refractivity contribution in [2.45, 2.75) is 18.2 Å². The number of rotatable bonds is 5. The fraction of sp³-hybridized carbons (Fsp3) is 0.105. The third kappa shape index (κ3) is 3.63. The highest BCUT2D eigenvalue weighted by molar-refractivity contribution is 7.92. The minimum Gasteiger partial charge on any atom is -0.263 e. The van der Waals surface area contributed by atoms with Crippen LogP contribution >= 0.6 is 0 Å². The van der Waals surface area contributed by atoms with Crippen molar-refractivity contribution in [2.24, 2.45) is 0 Å².